The lowest BCUT2D eigenvalue weighted by Gasteiger charge is -2.07. The van der Waals surface area contributed by atoms with Crippen LogP contribution in [0.15, 0.2) is 40.3 Å². The number of hydrogen-bond acceptors (Lipinski definition) is 5. The Morgan fingerprint density at radius 3 is 2.89 bits per heavy atom. The third-order valence-electron chi connectivity index (χ3n) is 2.29. The van der Waals surface area contributed by atoms with Crippen LogP contribution in [0, 0.1) is 0 Å². The molecule has 2 rings (SSSR count). The predicted octanol–water partition coefficient (Wildman–Crippen LogP) is 3.69. The highest BCUT2D eigenvalue weighted by Gasteiger charge is 2.04. The van der Waals surface area contributed by atoms with Gasteiger partial charge in [-0.1, -0.05) is 36.4 Å². The van der Waals surface area contributed by atoms with E-state index in [1.807, 2.05) is 30.3 Å². The SMILES string of the molecule is CCCNc1cc(Sc2cccc(Cl)c2)nc(N)n1. The predicted molar refractivity (Wildman–Crippen MR) is 80.8 cm³/mol. The minimum absolute atomic E-state index is 0.269. The first-order chi connectivity index (χ1) is 9.17. The van der Waals surface area contributed by atoms with Crippen molar-refractivity contribution < 1.29 is 0 Å². The van der Waals surface area contributed by atoms with Crippen molar-refractivity contribution in [2.75, 3.05) is 17.6 Å². The molecule has 0 radical (unpaired) electrons. The molecule has 0 aliphatic rings. The zero-order valence-corrected chi connectivity index (χ0v) is 12.1. The van der Waals surface area contributed by atoms with Gasteiger partial charge in [0.25, 0.3) is 0 Å². The van der Waals surface area contributed by atoms with Gasteiger partial charge in [0.1, 0.15) is 10.8 Å². The molecule has 0 saturated heterocycles. The maximum Gasteiger partial charge on any atom is 0.223 e. The second kappa shape index (κ2) is 6.63. The standard InChI is InChI=1S/C13H15ClN4S/c1-2-6-16-11-8-12(18-13(15)17-11)19-10-5-3-4-9(14)7-10/h3-5,7-8H,2,6H2,1H3,(H3,15,16,17,18). The van der Waals surface area contributed by atoms with Gasteiger partial charge in [0.15, 0.2) is 0 Å². The number of halogens is 1. The summed E-state index contributed by atoms with van der Waals surface area (Å²) >= 11 is 7.47. The molecule has 0 aliphatic heterocycles. The number of aromatic nitrogens is 2. The third-order valence-corrected chi connectivity index (χ3v) is 3.44. The van der Waals surface area contributed by atoms with Crippen LogP contribution < -0.4 is 11.1 Å². The van der Waals surface area contributed by atoms with Crippen LogP contribution in [0.3, 0.4) is 0 Å². The number of nitrogens with two attached hydrogens (primary N) is 1. The molecule has 0 amide bonds. The van der Waals surface area contributed by atoms with E-state index in [0.29, 0.717) is 5.02 Å². The average molecular weight is 295 g/mol. The summed E-state index contributed by atoms with van der Waals surface area (Å²) in [5.41, 5.74) is 5.71. The van der Waals surface area contributed by atoms with E-state index in [1.165, 1.54) is 11.8 Å². The highest BCUT2D eigenvalue weighted by atomic mass is 35.5. The molecule has 100 valence electrons. The van der Waals surface area contributed by atoms with Crippen LogP contribution in [0.4, 0.5) is 11.8 Å². The fourth-order valence-corrected chi connectivity index (χ4v) is 2.63. The third kappa shape index (κ3) is 4.29. The van der Waals surface area contributed by atoms with Gasteiger partial charge in [0.2, 0.25) is 5.95 Å². The topological polar surface area (TPSA) is 63.8 Å². The first kappa shape index (κ1) is 14.0. The Morgan fingerprint density at radius 2 is 2.16 bits per heavy atom. The molecule has 0 fully saturated rings. The molecule has 3 N–H and O–H groups in total. The van der Waals surface area contributed by atoms with E-state index in [9.17, 15) is 0 Å². The maximum atomic E-state index is 5.96. The van der Waals surface area contributed by atoms with Crippen molar-refractivity contribution in [1.82, 2.24) is 9.97 Å². The minimum atomic E-state index is 0.269. The number of nitrogens with one attached hydrogen (secondary N) is 1. The van der Waals surface area contributed by atoms with E-state index in [4.69, 9.17) is 17.3 Å². The fraction of sp³-hybridized carbons (Fsp3) is 0.231. The number of nitrogen functional groups attached to an aromatic ring is 1. The summed E-state index contributed by atoms with van der Waals surface area (Å²) in [5, 5.41) is 4.71. The number of benzene rings is 1. The Kier molecular flexibility index (Phi) is 4.87. The van der Waals surface area contributed by atoms with Crippen molar-refractivity contribution in [3.63, 3.8) is 0 Å². The van der Waals surface area contributed by atoms with Gasteiger partial charge >= 0.3 is 0 Å². The summed E-state index contributed by atoms with van der Waals surface area (Å²) in [7, 11) is 0. The van der Waals surface area contributed by atoms with Crippen LogP contribution in [0.2, 0.25) is 5.02 Å². The minimum Gasteiger partial charge on any atom is -0.370 e. The smallest absolute Gasteiger partial charge is 0.223 e. The van der Waals surface area contributed by atoms with Crippen LogP contribution in [-0.4, -0.2) is 16.5 Å². The molecular weight excluding hydrogens is 280 g/mol. The molecule has 0 bridgehead atoms. The van der Waals surface area contributed by atoms with Crippen molar-refractivity contribution in [2.24, 2.45) is 0 Å². The van der Waals surface area contributed by atoms with E-state index in [1.54, 1.807) is 0 Å². The summed E-state index contributed by atoms with van der Waals surface area (Å²) in [6.45, 7) is 2.96. The molecule has 0 saturated carbocycles. The highest BCUT2D eigenvalue weighted by molar-refractivity contribution is 7.99. The Labute approximate surface area is 121 Å². The number of hydrogen-bond donors (Lipinski definition) is 2. The molecule has 19 heavy (non-hydrogen) atoms. The van der Waals surface area contributed by atoms with Gasteiger partial charge in [0, 0.05) is 22.5 Å². The van der Waals surface area contributed by atoms with Crippen LogP contribution in [0.1, 0.15) is 13.3 Å². The monoisotopic (exact) mass is 294 g/mol. The van der Waals surface area contributed by atoms with Crippen LogP contribution in [-0.2, 0) is 0 Å². The summed E-state index contributed by atoms with van der Waals surface area (Å²) in [5.74, 6) is 1.02. The lowest BCUT2D eigenvalue weighted by molar-refractivity contribution is 0.957. The number of nitrogens with zero attached hydrogens (tertiary/aromatic N) is 2. The van der Waals surface area contributed by atoms with Crippen molar-refractivity contribution in [1.29, 1.82) is 0 Å². The molecule has 6 heteroatoms. The normalized spacial score (nSPS) is 10.4. The van der Waals surface area contributed by atoms with E-state index in [0.717, 1.165) is 28.7 Å². The van der Waals surface area contributed by atoms with Gasteiger partial charge in [-0.2, -0.15) is 4.98 Å². The molecule has 1 aromatic heterocycles. The van der Waals surface area contributed by atoms with Gasteiger partial charge < -0.3 is 11.1 Å². The molecule has 0 spiro atoms. The summed E-state index contributed by atoms with van der Waals surface area (Å²) < 4.78 is 0. The molecule has 2 aromatic rings. The van der Waals surface area contributed by atoms with Crippen LogP contribution in [0.25, 0.3) is 0 Å². The molecule has 1 aromatic carbocycles. The van der Waals surface area contributed by atoms with E-state index in [2.05, 4.69) is 22.2 Å². The Hall–Kier alpha value is -1.46. The van der Waals surface area contributed by atoms with Gasteiger partial charge in [-0.15, -0.1) is 0 Å². The quantitative estimate of drug-likeness (QED) is 0.824. The Morgan fingerprint density at radius 1 is 1.32 bits per heavy atom. The van der Waals surface area contributed by atoms with Crippen molar-refractivity contribution in [3.05, 3.63) is 35.4 Å². The lowest BCUT2D eigenvalue weighted by Crippen LogP contribution is -2.05. The maximum absolute atomic E-state index is 5.96. The molecule has 1 heterocycles. The van der Waals surface area contributed by atoms with Crippen molar-refractivity contribution >= 4 is 35.1 Å². The van der Waals surface area contributed by atoms with Gasteiger partial charge in [-0.3, -0.25) is 0 Å². The van der Waals surface area contributed by atoms with Crippen LogP contribution in [0.5, 0.6) is 0 Å². The Bertz CT molecular complexity index is 562. The van der Waals surface area contributed by atoms with Gasteiger partial charge in [-0.25, -0.2) is 4.98 Å². The average Bonchev–Trinajstić information content (AvgIpc) is 2.35. The second-order valence-corrected chi connectivity index (χ2v) is 5.47. The molecular formula is C13H15ClN4S. The van der Waals surface area contributed by atoms with E-state index in [-0.39, 0.29) is 5.95 Å². The Balaban J connectivity index is 2.17. The van der Waals surface area contributed by atoms with E-state index >= 15 is 0 Å². The summed E-state index contributed by atoms with van der Waals surface area (Å²) in [6.07, 6.45) is 1.03. The molecule has 0 atom stereocenters. The largest absolute Gasteiger partial charge is 0.370 e. The van der Waals surface area contributed by atoms with Crippen molar-refractivity contribution in [3.8, 4) is 0 Å². The first-order valence-electron chi connectivity index (χ1n) is 5.99. The molecule has 0 unspecified atom stereocenters. The van der Waals surface area contributed by atoms with Gasteiger partial charge in [0.05, 0.1) is 0 Å². The number of rotatable bonds is 5. The van der Waals surface area contributed by atoms with Crippen molar-refractivity contribution in [2.45, 2.75) is 23.3 Å². The molecule has 0 aliphatic carbocycles. The summed E-state index contributed by atoms with van der Waals surface area (Å²) in [6, 6.07) is 9.51. The lowest BCUT2D eigenvalue weighted by atomic mass is 10.4. The fourth-order valence-electron chi connectivity index (χ4n) is 1.49. The number of anilines is 2. The summed E-state index contributed by atoms with van der Waals surface area (Å²) in [4.78, 5) is 9.38. The zero-order chi connectivity index (χ0) is 13.7. The first-order valence-corrected chi connectivity index (χ1v) is 7.18. The van der Waals surface area contributed by atoms with Gasteiger partial charge in [-0.05, 0) is 24.6 Å². The molecule has 4 nitrogen and oxygen atoms in total. The van der Waals surface area contributed by atoms with E-state index < -0.39 is 0 Å². The second-order valence-electron chi connectivity index (χ2n) is 3.94. The highest BCUT2D eigenvalue weighted by Crippen LogP contribution is 2.29. The van der Waals surface area contributed by atoms with Crippen LogP contribution >= 0.6 is 23.4 Å². The zero-order valence-electron chi connectivity index (χ0n) is 10.6.